The van der Waals surface area contributed by atoms with Crippen molar-refractivity contribution >= 4 is 0 Å². The first-order valence-electron chi connectivity index (χ1n) is 11.3. The van der Waals surface area contributed by atoms with Crippen molar-refractivity contribution < 1.29 is 33.9 Å². The van der Waals surface area contributed by atoms with Crippen molar-refractivity contribution in [2.75, 3.05) is 13.7 Å². The van der Waals surface area contributed by atoms with Gasteiger partial charge in [-0.2, -0.15) is 0 Å². The van der Waals surface area contributed by atoms with Crippen LogP contribution >= 0.6 is 0 Å². The average molecular weight is 445 g/mol. The molecule has 32 heavy (non-hydrogen) atoms. The van der Waals surface area contributed by atoms with E-state index in [1.807, 2.05) is 42.5 Å². The molecule has 2 aromatic carbocycles. The molecule has 1 aliphatic heterocycles. The molecule has 4 rings (SSSR count). The average Bonchev–Trinajstić information content (AvgIpc) is 2.84. The summed E-state index contributed by atoms with van der Waals surface area (Å²) in [5, 5.41) is 21.3. The Labute approximate surface area is 188 Å². The second-order valence-corrected chi connectivity index (χ2v) is 8.32. The minimum Gasteiger partial charge on any atom is -0.491 e. The van der Waals surface area contributed by atoms with Crippen LogP contribution in [-0.2, 0) is 9.47 Å². The fourth-order valence-corrected chi connectivity index (χ4v) is 4.18. The van der Waals surface area contributed by atoms with Gasteiger partial charge in [-0.3, -0.25) is 0 Å². The first-order valence-corrected chi connectivity index (χ1v) is 11.3. The van der Waals surface area contributed by atoms with E-state index in [1.165, 1.54) is 26.4 Å². The number of hydrogen-bond acceptors (Lipinski definition) is 7. The van der Waals surface area contributed by atoms with Gasteiger partial charge in [0.15, 0.2) is 12.4 Å². The summed E-state index contributed by atoms with van der Waals surface area (Å²) in [6.45, 7) is 0.0715. The number of benzene rings is 2. The molecule has 2 fully saturated rings. The van der Waals surface area contributed by atoms with Crippen LogP contribution in [-0.4, -0.2) is 60.7 Å². The largest absolute Gasteiger partial charge is 0.491 e. The first-order chi connectivity index (χ1) is 15.6. The third-order valence-corrected chi connectivity index (χ3v) is 5.99. The van der Waals surface area contributed by atoms with Gasteiger partial charge in [0.25, 0.3) is 0 Å². The Morgan fingerprint density at radius 1 is 0.812 bits per heavy atom. The van der Waals surface area contributed by atoms with Crippen LogP contribution in [0, 0.1) is 0 Å². The van der Waals surface area contributed by atoms with Crippen LogP contribution in [0.4, 0.5) is 0 Å². The molecule has 0 unspecified atom stereocenters. The molecule has 1 saturated carbocycles. The Kier molecular flexibility index (Phi) is 7.86. The normalized spacial score (nSPS) is 28.8. The van der Waals surface area contributed by atoms with Crippen LogP contribution in [0.5, 0.6) is 17.2 Å². The maximum Gasteiger partial charge on any atom is 0.197 e. The van der Waals surface area contributed by atoms with Crippen molar-refractivity contribution in [1.82, 2.24) is 0 Å². The van der Waals surface area contributed by atoms with Crippen molar-refractivity contribution in [3.8, 4) is 17.2 Å². The zero-order valence-corrected chi connectivity index (χ0v) is 18.3. The number of methoxy groups -OCH3 is 1. The molecule has 5 atom stereocenters. The van der Waals surface area contributed by atoms with E-state index in [9.17, 15) is 10.2 Å². The highest BCUT2D eigenvalue weighted by Crippen LogP contribution is 2.29. The Balaban J connectivity index is 1.34. The van der Waals surface area contributed by atoms with Gasteiger partial charge in [0, 0.05) is 7.11 Å². The molecular weight excluding hydrogens is 412 g/mol. The van der Waals surface area contributed by atoms with Crippen LogP contribution in [0.2, 0.25) is 0 Å². The minimum atomic E-state index is -1.21. The molecule has 0 spiro atoms. The van der Waals surface area contributed by atoms with Crippen molar-refractivity contribution in [2.45, 2.75) is 68.9 Å². The van der Waals surface area contributed by atoms with Gasteiger partial charge in [-0.15, -0.1) is 0 Å². The number of rotatable bonds is 8. The van der Waals surface area contributed by atoms with Crippen LogP contribution in [0.25, 0.3) is 0 Å². The second-order valence-electron chi connectivity index (χ2n) is 8.32. The molecule has 0 amide bonds. The van der Waals surface area contributed by atoms with Crippen molar-refractivity contribution in [2.24, 2.45) is 0 Å². The molecule has 0 aromatic heterocycles. The first kappa shape index (κ1) is 22.9. The zero-order valence-electron chi connectivity index (χ0n) is 18.3. The van der Waals surface area contributed by atoms with E-state index in [2.05, 4.69) is 0 Å². The molecule has 2 aromatic rings. The maximum absolute atomic E-state index is 10.7. The van der Waals surface area contributed by atoms with Crippen molar-refractivity contribution in [3.05, 3.63) is 54.6 Å². The van der Waals surface area contributed by atoms with Crippen LogP contribution in [0.3, 0.4) is 0 Å². The van der Waals surface area contributed by atoms with Crippen LogP contribution in [0.15, 0.2) is 54.6 Å². The summed E-state index contributed by atoms with van der Waals surface area (Å²) < 4.78 is 28.9. The van der Waals surface area contributed by atoms with E-state index >= 15 is 0 Å². The topological polar surface area (TPSA) is 86.6 Å². The number of hydrogen-bond donors (Lipinski definition) is 2. The molecule has 0 bridgehead atoms. The molecule has 1 saturated heterocycles. The van der Waals surface area contributed by atoms with E-state index in [0.29, 0.717) is 11.5 Å². The number of para-hydroxylation sites is 1. The highest BCUT2D eigenvalue weighted by molar-refractivity contribution is 5.32. The lowest BCUT2D eigenvalue weighted by molar-refractivity contribution is -0.287. The SMILES string of the molecule is CO[C@@H]1O[C@H](COc2ccccc2)[C@@H](O)[C@H](O)[C@H]1Oc1ccc(OC2CCCCC2)cc1. The molecule has 7 heteroatoms. The standard InChI is InChI=1S/C25H32O7/c1-28-25-24(23(27)22(26)21(32-25)16-29-17-8-4-2-5-9-17)31-20-14-12-19(13-15-20)30-18-10-6-3-7-11-18/h2,4-5,8-9,12-15,18,21-27H,3,6-7,10-11,16H2,1H3/t21-,22-,23+,24-,25-/m1/s1. The third kappa shape index (κ3) is 5.72. The minimum absolute atomic E-state index is 0.0715. The van der Waals surface area contributed by atoms with Crippen LogP contribution in [0.1, 0.15) is 32.1 Å². The van der Waals surface area contributed by atoms with Gasteiger partial charge in [0.1, 0.15) is 42.2 Å². The third-order valence-electron chi connectivity index (χ3n) is 5.99. The molecule has 2 aliphatic rings. The van der Waals surface area contributed by atoms with Gasteiger partial charge in [0.05, 0.1) is 6.10 Å². The summed E-state index contributed by atoms with van der Waals surface area (Å²) >= 11 is 0. The lowest BCUT2D eigenvalue weighted by atomic mass is 9.98. The number of aliphatic hydroxyl groups is 2. The van der Waals surface area contributed by atoms with Crippen molar-refractivity contribution in [1.29, 1.82) is 0 Å². The quantitative estimate of drug-likeness (QED) is 0.646. The fourth-order valence-electron chi connectivity index (χ4n) is 4.18. The van der Waals surface area contributed by atoms with Gasteiger partial charge in [0.2, 0.25) is 0 Å². The number of ether oxygens (including phenoxy) is 5. The molecule has 2 N–H and O–H groups in total. The molecular formula is C25H32O7. The van der Waals surface area contributed by atoms with Gasteiger partial charge in [-0.05, 0) is 62.1 Å². The second kappa shape index (κ2) is 11.0. The maximum atomic E-state index is 10.7. The highest BCUT2D eigenvalue weighted by atomic mass is 16.7. The lowest BCUT2D eigenvalue weighted by Gasteiger charge is -2.41. The molecule has 7 nitrogen and oxygen atoms in total. The summed E-state index contributed by atoms with van der Waals surface area (Å²) in [6, 6.07) is 16.5. The van der Waals surface area contributed by atoms with Gasteiger partial charge >= 0.3 is 0 Å². The van der Waals surface area contributed by atoms with Gasteiger partial charge in [-0.1, -0.05) is 24.6 Å². The fraction of sp³-hybridized carbons (Fsp3) is 0.520. The Morgan fingerprint density at radius 3 is 2.12 bits per heavy atom. The summed E-state index contributed by atoms with van der Waals surface area (Å²) in [4.78, 5) is 0. The van der Waals surface area contributed by atoms with Gasteiger partial charge in [-0.25, -0.2) is 0 Å². The van der Waals surface area contributed by atoms with E-state index in [1.54, 1.807) is 12.1 Å². The molecule has 1 heterocycles. The number of aliphatic hydroxyl groups excluding tert-OH is 2. The van der Waals surface area contributed by atoms with E-state index in [-0.39, 0.29) is 12.7 Å². The van der Waals surface area contributed by atoms with E-state index in [4.69, 9.17) is 23.7 Å². The molecule has 174 valence electrons. The van der Waals surface area contributed by atoms with E-state index < -0.39 is 30.7 Å². The Bertz CT molecular complexity index is 805. The highest BCUT2D eigenvalue weighted by Gasteiger charge is 2.46. The van der Waals surface area contributed by atoms with Gasteiger partial charge < -0.3 is 33.9 Å². The van der Waals surface area contributed by atoms with Crippen LogP contribution < -0.4 is 14.2 Å². The predicted octanol–water partition coefficient (Wildman–Crippen LogP) is 3.32. The summed E-state index contributed by atoms with van der Waals surface area (Å²) in [7, 11) is 1.47. The summed E-state index contributed by atoms with van der Waals surface area (Å²) in [5.41, 5.74) is 0. The summed E-state index contributed by atoms with van der Waals surface area (Å²) in [5.74, 6) is 1.98. The summed E-state index contributed by atoms with van der Waals surface area (Å²) in [6.07, 6.45) is 1.23. The predicted molar refractivity (Wildman–Crippen MR) is 118 cm³/mol. The van der Waals surface area contributed by atoms with E-state index in [0.717, 1.165) is 18.6 Å². The monoisotopic (exact) mass is 444 g/mol. The lowest BCUT2D eigenvalue weighted by Crippen LogP contribution is -2.61. The Morgan fingerprint density at radius 2 is 1.47 bits per heavy atom. The molecule has 0 radical (unpaired) electrons. The molecule has 1 aliphatic carbocycles. The smallest absolute Gasteiger partial charge is 0.197 e. The zero-order chi connectivity index (χ0) is 22.3. The Hall–Kier alpha value is -2.32. The van der Waals surface area contributed by atoms with Crippen molar-refractivity contribution in [3.63, 3.8) is 0 Å².